The normalized spacial score (nSPS) is 16.6. The molecule has 4 rings (SSSR count). The number of aryl methyl sites for hydroxylation is 1. The van der Waals surface area contributed by atoms with Crippen LogP contribution in [0.25, 0.3) is 17.2 Å². The number of nitriles is 1. The first-order valence-corrected chi connectivity index (χ1v) is 9.43. The molecule has 0 bridgehead atoms. The van der Waals surface area contributed by atoms with Crippen LogP contribution in [-0.2, 0) is 4.79 Å². The second-order valence-electron chi connectivity index (χ2n) is 7.10. The van der Waals surface area contributed by atoms with Crippen molar-refractivity contribution in [1.82, 2.24) is 24.3 Å². The van der Waals surface area contributed by atoms with Crippen LogP contribution in [0.5, 0.6) is 0 Å². The minimum atomic E-state index is -0.369. The molecule has 1 amide bonds. The fourth-order valence-electron chi connectivity index (χ4n) is 3.53. The number of pyridine rings is 1. The van der Waals surface area contributed by atoms with Gasteiger partial charge in [-0.25, -0.2) is 19.3 Å². The molecule has 0 saturated carbocycles. The zero-order chi connectivity index (χ0) is 20.4. The quantitative estimate of drug-likeness (QED) is 0.731. The van der Waals surface area contributed by atoms with Crippen LogP contribution < -0.4 is 5.32 Å². The van der Waals surface area contributed by atoms with E-state index in [1.807, 2.05) is 13.0 Å². The molecule has 1 aliphatic rings. The van der Waals surface area contributed by atoms with Crippen LogP contribution >= 0.6 is 0 Å². The number of hydrogen-bond acceptors (Lipinski definition) is 6. The number of amides is 1. The minimum absolute atomic E-state index is 0.0347. The number of rotatable bonds is 4. The number of nitrogens with one attached hydrogen (secondary N) is 1. The number of imidazole rings is 1. The van der Waals surface area contributed by atoms with Crippen molar-refractivity contribution in [2.75, 3.05) is 18.4 Å². The number of hydrogen-bond donors (Lipinski definition) is 1. The molecule has 3 aromatic rings. The number of carbonyl (C=O) groups excluding carboxylic acids is 1. The minimum Gasteiger partial charge on any atom is -0.365 e. The van der Waals surface area contributed by atoms with Gasteiger partial charge in [0.05, 0.1) is 12.3 Å². The Morgan fingerprint density at radius 3 is 3.07 bits per heavy atom. The zero-order valence-electron chi connectivity index (χ0n) is 16.0. The lowest BCUT2D eigenvalue weighted by molar-refractivity contribution is -0.131. The van der Waals surface area contributed by atoms with Crippen molar-refractivity contribution in [3.8, 4) is 17.6 Å². The largest absolute Gasteiger partial charge is 0.365 e. The number of carbonyl (C=O) groups is 1. The molecule has 1 N–H and O–H groups in total. The second-order valence-corrected chi connectivity index (χ2v) is 7.10. The molecule has 1 aliphatic heterocycles. The van der Waals surface area contributed by atoms with Gasteiger partial charge >= 0.3 is 0 Å². The molecule has 29 heavy (non-hydrogen) atoms. The maximum atomic E-state index is 13.7. The lowest BCUT2D eigenvalue weighted by atomic mass is 10.1. The summed E-state index contributed by atoms with van der Waals surface area (Å²) in [5, 5.41) is 12.2. The summed E-state index contributed by atoms with van der Waals surface area (Å²) in [4.78, 5) is 27.0. The van der Waals surface area contributed by atoms with Gasteiger partial charge in [-0.3, -0.25) is 9.20 Å². The lowest BCUT2D eigenvalue weighted by Gasteiger charge is -2.33. The Morgan fingerprint density at radius 1 is 1.38 bits per heavy atom. The van der Waals surface area contributed by atoms with E-state index in [-0.39, 0.29) is 24.2 Å². The van der Waals surface area contributed by atoms with E-state index in [4.69, 9.17) is 5.26 Å². The van der Waals surface area contributed by atoms with Gasteiger partial charge in [-0.15, -0.1) is 0 Å². The van der Waals surface area contributed by atoms with Gasteiger partial charge in [0.25, 0.3) is 0 Å². The number of piperidine rings is 1. The monoisotopic (exact) mass is 393 g/mol. The third-order valence-corrected chi connectivity index (χ3v) is 5.02. The molecule has 1 saturated heterocycles. The highest BCUT2D eigenvalue weighted by Gasteiger charge is 2.24. The highest BCUT2D eigenvalue weighted by atomic mass is 19.1. The lowest BCUT2D eigenvalue weighted by Crippen LogP contribution is -2.45. The summed E-state index contributed by atoms with van der Waals surface area (Å²) >= 11 is 0. The van der Waals surface area contributed by atoms with Crippen LogP contribution in [0.15, 0.2) is 30.7 Å². The van der Waals surface area contributed by atoms with E-state index in [2.05, 4.69) is 20.3 Å². The molecule has 148 valence electrons. The summed E-state index contributed by atoms with van der Waals surface area (Å²) in [5.41, 5.74) is 2.07. The summed E-state index contributed by atoms with van der Waals surface area (Å²) in [7, 11) is 0. The molecule has 9 heteroatoms. The predicted octanol–water partition coefficient (Wildman–Crippen LogP) is 2.56. The van der Waals surface area contributed by atoms with Gasteiger partial charge in [0.2, 0.25) is 5.91 Å². The fraction of sp³-hybridized carbons (Fsp3) is 0.350. The van der Waals surface area contributed by atoms with Crippen molar-refractivity contribution in [1.29, 1.82) is 5.26 Å². The third-order valence-electron chi connectivity index (χ3n) is 5.02. The predicted molar refractivity (Wildman–Crippen MR) is 104 cm³/mol. The molecule has 3 aromatic heterocycles. The van der Waals surface area contributed by atoms with Crippen molar-refractivity contribution < 1.29 is 9.18 Å². The van der Waals surface area contributed by atoms with Gasteiger partial charge in [-0.05, 0) is 31.9 Å². The summed E-state index contributed by atoms with van der Waals surface area (Å²) < 4.78 is 15.3. The Morgan fingerprint density at radius 2 is 2.24 bits per heavy atom. The van der Waals surface area contributed by atoms with E-state index >= 15 is 0 Å². The summed E-state index contributed by atoms with van der Waals surface area (Å²) in [6.07, 6.45) is 6.34. The van der Waals surface area contributed by atoms with E-state index < -0.39 is 0 Å². The van der Waals surface area contributed by atoms with Gasteiger partial charge in [-0.2, -0.15) is 5.26 Å². The Labute approximate surface area is 167 Å². The number of fused-ring (bicyclic) bond motifs is 1. The molecule has 4 heterocycles. The topological polar surface area (TPSA) is 99.2 Å². The van der Waals surface area contributed by atoms with Gasteiger partial charge in [0.15, 0.2) is 5.82 Å². The number of halogens is 1. The SMILES string of the molecule is Cc1cnc(-c2cnc3ccc(F)cn23)nc1N[C@@H]1CCCN(C(=O)CC#N)C1. The molecule has 0 radical (unpaired) electrons. The highest BCUT2D eigenvalue weighted by Crippen LogP contribution is 2.23. The molecule has 0 aliphatic carbocycles. The van der Waals surface area contributed by atoms with Crippen molar-refractivity contribution in [2.24, 2.45) is 0 Å². The highest BCUT2D eigenvalue weighted by molar-refractivity contribution is 5.78. The molecular formula is C20H20FN7O. The van der Waals surface area contributed by atoms with Gasteiger partial charge in [0.1, 0.15) is 29.4 Å². The molecule has 0 unspecified atom stereocenters. The van der Waals surface area contributed by atoms with Crippen LogP contribution in [0.2, 0.25) is 0 Å². The molecular weight excluding hydrogens is 373 g/mol. The average Bonchev–Trinajstić information content (AvgIpc) is 3.13. The van der Waals surface area contributed by atoms with Crippen molar-refractivity contribution in [3.05, 3.63) is 42.1 Å². The molecule has 1 atom stereocenters. The summed E-state index contributed by atoms with van der Waals surface area (Å²) in [6, 6.07) is 4.90. The Hall–Kier alpha value is -3.54. The van der Waals surface area contributed by atoms with E-state index in [0.717, 1.165) is 18.4 Å². The van der Waals surface area contributed by atoms with Crippen LogP contribution in [0.3, 0.4) is 0 Å². The van der Waals surface area contributed by atoms with Crippen LogP contribution in [0.1, 0.15) is 24.8 Å². The van der Waals surface area contributed by atoms with Crippen LogP contribution in [0.4, 0.5) is 10.2 Å². The van der Waals surface area contributed by atoms with Gasteiger partial charge in [0, 0.05) is 37.1 Å². The molecule has 0 aromatic carbocycles. The second kappa shape index (κ2) is 7.83. The maximum absolute atomic E-state index is 13.7. The third kappa shape index (κ3) is 3.87. The Balaban J connectivity index is 1.58. The first-order valence-electron chi connectivity index (χ1n) is 9.43. The molecule has 0 spiro atoms. The fourth-order valence-corrected chi connectivity index (χ4v) is 3.53. The first kappa shape index (κ1) is 18.8. The summed E-state index contributed by atoms with van der Waals surface area (Å²) in [5.74, 6) is 0.587. The number of anilines is 1. The van der Waals surface area contributed by atoms with E-state index in [0.29, 0.717) is 36.1 Å². The van der Waals surface area contributed by atoms with E-state index in [1.54, 1.807) is 27.8 Å². The van der Waals surface area contributed by atoms with Gasteiger partial charge in [-0.1, -0.05) is 0 Å². The molecule has 8 nitrogen and oxygen atoms in total. The smallest absolute Gasteiger partial charge is 0.236 e. The van der Waals surface area contributed by atoms with E-state index in [9.17, 15) is 9.18 Å². The average molecular weight is 393 g/mol. The Kier molecular flexibility index (Phi) is 5.08. The number of likely N-dealkylation sites (tertiary alicyclic amines) is 1. The van der Waals surface area contributed by atoms with Crippen molar-refractivity contribution in [2.45, 2.75) is 32.2 Å². The van der Waals surface area contributed by atoms with Crippen molar-refractivity contribution >= 4 is 17.4 Å². The summed E-state index contributed by atoms with van der Waals surface area (Å²) in [6.45, 7) is 3.10. The zero-order valence-corrected chi connectivity index (χ0v) is 16.0. The first-order chi connectivity index (χ1) is 14.0. The van der Waals surface area contributed by atoms with E-state index in [1.165, 1.54) is 12.3 Å². The van der Waals surface area contributed by atoms with Crippen LogP contribution in [0, 0.1) is 24.1 Å². The maximum Gasteiger partial charge on any atom is 0.236 e. The van der Waals surface area contributed by atoms with Crippen LogP contribution in [-0.4, -0.2) is 49.3 Å². The molecule has 1 fully saturated rings. The number of aromatic nitrogens is 4. The van der Waals surface area contributed by atoms with Crippen molar-refractivity contribution in [3.63, 3.8) is 0 Å². The standard InChI is InChI=1S/C20H20FN7O/c1-13-9-24-20(16-10-23-17-5-4-14(21)11-28(16)17)26-19(13)25-15-3-2-8-27(12-15)18(29)6-7-22/h4-5,9-11,15H,2-3,6,8,12H2,1H3,(H,24,25,26)/t15-/m1/s1. The van der Waals surface area contributed by atoms with Gasteiger partial charge < -0.3 is 10.2 Å². The number of nitrogens with zero attached hydrogens (tertiary/aromatic N) is 6. The Bertz CT molecular complexity index is 1100.